The van der Waals surface area contributed by atoms with Gasteiger partial charge in [-0.1, -0.05) is 0 Å². The van der Waals surface area contributed by atoms with Crippen LogP contribution < -0.4 is 5.32 Å². The first kappa shape index (κ1) is 12.8. The zero-order chi connectivity index (χ0) is 12.5. The van der Waals surface area contributed by atoms with Crippen LogP contribution in [0.2, 0.25) is 0 Å². The van der Waals surface area contributed by atoms with Crippen LogP contribution >= 0.6 is 0 Å². The molecular weight excluding hydrogens is 240 g/mol. The highest BCUT2D eigenvalue weighted by Gasteiger charge is 2.31. The minimum atomic E-state index is -2.90. The molecule has 17 heavy (non-hydrogen) atoms. The van der Waals surface area contributed by atoms with E-state index in [4.69, 9.17) is 0 Å². The van der Waals surface area contributed by atoms with Gasteiger partial charge in [0.25, 0.3) is 0 Å². The Labute approximate surface area is 102 Å². The summed E-state index contributed by atoms with van der Waals surface area (Å²) in [6.07, 6.45) is 1.93. The fourth-order valence-electron chi connectivity index (χ4n) is 2.40. The fraction of sp³-hybridized carbons (Fsp3) is 0.909. The highest BCUT2D eigenvalue weighted by atomic mass is 32.2. The molecule has 0 bridgehead atoms. The summed E-state index contributed by atoms with van der Waals surface area (Å²) in [6.45, 7) is 3.58. The second-order valence-corrected chi connectivity index (χ2v) is 7.36. The summed E-state index contributed by atoms with van der Waals surface area (Å²) in [5.74, 6) is 0.399. The molecule has 2 fully saturated rings. The van der Waals surface area contributed by atoms with Crippen molar-refractivity contribution in [3.8, 4) is 0 Å². The van der Waals surface area contributed by atoms with Crippen molar-refractivity contribution in [2.24, 2.45) is 5.92 Å². The van der Waals surface area contributed by atoms with Crippen molar-refractivity contribution in [3.05, 3.63) is 0 Å². The molecule has 0 radical (unpaired) electrons. The molecule has 0 aromatic carbocycles. The first-order chi connectivity index (χ1) is 7.98. The Bertz CT molecular complexity index is 372. The van der Waals surface area contributed by atoms with E-state index >= 15 is 0 Å². The number of nitrogens with zero attached hydrogens (tertiary/aromatic N) is 1. The van der Waals surface area contributed by atoms with Crippen LogP contribution in [-0.2, 0) is 14.6 Å². The molecular formula is C11H20N2O3S. The van der Waals surface area contributed by atoms with E-state index in [9.17, 15) is 13.2 Å². The number of nitrogens with one attached hydrogen (secondary N) is 1. The summed E-state index contributed by atoms with van der Waals surface area (Å²) >= 11 is 0. The Morgan fingerprint density at radius 2 is 1.88 bits per heavy atom. The molecule has 1 N–H and O–H groups in total. The van der Waals surface area contributed by atoms with Crippen molar-refractivity contribution in [1.29, 1.82) is 0 Å². The first-order valence-electron chi connectivity index (χ1n) is 6.20. The summed E-state index contributed by atoms with van der Waals surface area (Å²) in [6, 6.07) is 0.487. The van der Waals surface area contributed by atoms with Crippen molar-refractivity contribution >= 4 is 15.7 Å². The van der Waals surface area contributed by atoms with E-state index < -0.39 is 9.84 Å². The van der Waals surface area contributed by atoms with Crippen LogP contribution in [0.4, 0.5) is 0 Å². The number of amides is 1. The van der Waals surface area contributed by atoms with Crippen LogP contribution in [0, 0.1) is 5.92 Å². The summed E-state index contributed by atoms with van der Waals surface area (Å²) in [5, 5.41) is 3.30. The average Bonchev–Trinajstić information content (AvgIpc) is 2.29. The van der Waals surface area contributed by atoms with Crippen molar-refractivity contribution in [2.45, 2.75) is 25.8 Å². The molecule has 2 rings (SSSR count). The Hall–Kier alpha value is -0.620. The lowest BCUT2D eigenvalue weighted by Crippen LogP contribution is -2.50. The molecule has 2 atom stereocenters. The molecule has 2 aliphatic heterocycles. The van der Waals surface area contributed by atoms with E-state index in [2.05, 4.69) is 12.2 Å². The van der Waals surface area contributed by atoms with Gasteiger partial charge >= 0.3 is 0 Å². The average molecular weight is 260 g/mol. The van der Waals surface area contributed by atoms with Crippen LogP contribution in [0.3, 0.4) is 0 Å². The molecule has 98 valence electrons. The summed E-state index contributed by atoms with van der Waals surface area (Å²) in [7, 11) is -2.90. The maximum atomic E-state index is 12.2. The Balaban J connectivity index is 1.88. The number of rotatable bonds is 1. The van der Waals surface area contributed by atoms with E-state index in [1.54, 1.807) is 4.90 Å². The van der Waals surface area contributed by atoms with Gasteiger partial charge < -0.3 is 10.2 Å². The number of hydrogen-bond acceptors (Lipinski definition) is 4. The zero-order valence-electron chi connectivity index (χ0n) is 10.2. The third-order valence-electron chi connectivity index (χ3n) is 3.67. The second-order valence-electron chi connectivity index (χ2n) is 5.06. The third kappa shape index (κ3) is 3.19. The molecule has 0 spiro atoms. The first-order valence-corrected chi connectivity index (χ1v) is 8.03. The van der Waals surface area contributed by atoms with Gasteiger partial charge in [0.2, 0.25) is 5.91 Å². The zero-order valence-corrected chi connectivity index (χ0v) is 11.0. The van der Waals surface area contributed by atoms with E-state index in [-0.39, 0.29) is 23.3 Å². The standard InChI is InChI=1S/C11H20N2O3S/c1-9-2-3-10(8-12-9)11(14)13-4-6-17(15,16)7-5-13/h9-10,12H,2-8H2,1H3. The van der Waals surface area contributed by atoms with E-state index in [0.717, 1.165) is 19.4 Å². The van der Waals surface area contributed by atoms with Gasteiger partial charge in [0.1, 0.15) is 0 Å². The summed E-state index contributed by atoms with van der Waals surface area (Å²) in [4.78, 5) is 13.9. The Kier molecular flexibility index (Phi) is 3.73. The Morgan fingerprint density at radius 1 is 1.24 bits per heavy atom. The lowest BCUT2D eigenvalue weighted by atomic mass is 9.94. The predicted octanol–water partition coefficient (Wildman–Crippen LogP) is -0.368. The molecule has 5 nitrogen and oxygen atoms in total. The molecule has 0 aromatic rings. The van der Waals surface area contributed by atoms with Crippen molar-refractivity contribution in [1.82, 2.24) is 10.2 Å². The van der Waals surface area contributed by atoms with Gasteiger partial charge in [0.05, 0.1) is 17.4 Å². The smallest absolute Gasteiger partial charge is 0.227 e. The maximum Gasteiger partial charge on any atom is 0.227 e. The minimum Gasteiger partial charge on any atom is -0.340 e. The number of carbonyl (C=O) groups excluding carboxylic acids is 1. The normalized spacial score (nSPS) is 33.4. The van der Waals surface area contributed by atoms with Crippen molar-refractivity contribution in [2.75, 3.05) is 31.1 Å². The molecule has 2 aliphatic rings. The highest BCUT2D eigenvalue weighted by Crippen LogP contribution is 2.18. The van der Waals surface area contributed by atoms with Gasteiger partial charge in [-0.15, -0.1) is 0 Å². The van der Waals surface area contributed by atoms with Gasteiger partial charge in [-0.25, -0.2) is 8.42 Å². The molecule has 2 unspecified atom stereocenters. The fourth-order valence-corrected chi connectivity index (χ4v) is 3.60. The SMILES string of the molecule is CC1CCC(C(=O)N2CCS(=O)(=O)CC2)CN1. The van der Waals surface area contributed by atoms with Crippen LogP contribution in [-0.4, -0.2) is 56.4 Å². The molecule has 0 saturated carbocycles. The monoisotopic (exact) mass is 260 g/mol. The Morgan fingerprint density at radius 3 is 2.41 bits per heavy atom. The largest absolute Gasteiger partial charge is 0.340 e. The second kappa shape index (κ2) is 4.94. The molecule has 1 amide bonds. The van der Waals surface area contributed by atoms with Crippen LogP contribution in [0.1, 0.15) is 19.8 Å². The van der Waals surface area contributed by atoms with Gasteiger partial charge in [0, 0.05) is 25.7 Å². The van der Waals surface area contributed by atoms with Crippen molar-refractivity contribution in [3.63, 3.8) is 0 Å². The molecule has 0 aliphatic carbocycles. The van der Waals surface area contributed by atoms with Gasteiger partial charge in [-0.3, -0.25) is 4.79 Å². The van der Waals surface area contributed by atoms with Crippen LogP contribution in [0.5, 0.6) is 0 Å². The molecule has 0 aromatic heterocycles. The summed E-state index contributed by atoms with van der Waals surface area (Å²) in [5.41, 5.74) is 0. The molecule has 6 heteroatoms. The predicted molar refractivity (Wildman–Crippen MR) is 65.4 cm³/mol. The third-order valence-corrected chi connectivity index (χ3v) is 5.28. The van der Waals surface area contributed by atoms with Gasteiger partial charge in [-0.2, -0.15) is 0 Å². The minimum absolute atomic E-state index is 0.0343. The number of piperidine rings is 1. The molecule has 2 saturated heterocycles. The lowest BCUT2D eigenvalue weighted by Gasteiger charge is -2.33. The number of hydrogen-bond donors (Lipinski definition) is 1. The van der Waals surface area contributed by atoms with Gasteiger partial charge in [-0.05, 0) is 19.8 Å². The quantitative estimate of drug-likeness (QED) is 0.698. The van der Waals surface area contributed by atoms with E-state index in [0.29, 0.717) is 19.1 Å². The maximum absolute atomic E-state index is 12.2. The highest BCUT2D eigenvalue weighted by molar-refractivity contribution is 7.91. The number of sulfone groups is 1. The van der Waals surface area contributed by atoms with E-state index in [1.165, 1.54) is 0 Å². The van der Waals surface area contributed by atoms with E-state index in [1.807, 2.05) is 0 Å². The topological polar surface area (TPSA) is 66.5 Å². The van der Waals surface area contributed by atoms with Crippen LogP contribution in [0.15, 0.2) is 0 Å². The molecule has 2 heterocycles. The van der Waals surface area contributed by atoms with Gasteiger partial charge in [0.15, 0.2) is 9.84 Å². The number of carbonyl (C=O) groups is 1. The van der Waals surface area contributed by atoms with Crippen molar-refractivity contribution < 1.29 is 13.2 Å². The lowest BCUT2D eigenvalue weighted by molar-refractivity contribution is -0.135. The summed E-state index contributed by atoms with van der Waals surface area (Å²) < 4.78 is 22.6. The van der Waals surface area contributed by atoms with Crippen LogP contribution in [0.25, 0.3) is 0 Å².